The minimum Gasteiger partial charge on any atom is -0.459 e. The van der Waals surface area contributed by atoms with Gasteiger partial charge in [0, 0.05) is 6.20 Å². The lowest BCUT2D eigenvalue weighted by Crippen LogP contribution is -2.46. The molecule has 4 N–H and O–H groups in total. The number of carbonyl (C=O) groups is 2. The lowest BCUT2D eigenvalue weighted by atomic mass is 9.58. The number of aliphatic hydroxyl groups is 1. The van der Waals surface area contributed by atoms with Gasteiger partial charge < -0.3 is 29.3 Å². The van der Waals surface area contributed by atoms with Crippen molar-refractivity contribution in [3.63, 3.8) is 0 Å². The molecule has 1 aliphatic carbocycles. The van der Waals surface area contributed by atoms with Crippen molar-refractivity contribution in [3.8, 4) is 0 Å². The monoisotopic (exact) mass is 610 g/mol. The summed E-state index contributed by atoms with van der Waals surface area (Å²) >= 11 is 0. The van der Waals surface area contributed by atoms with Crippen LogP contribution in [0, 0.1) is 17.8 Å². The van der Waals surface area contributed by atoms with Gasteiger partial charge in [-0.2, -0.15) is 0 Å². The van der Waals surface area contributed by atoms with Crippen LogP contribution in [0.1, 0.15) is 56.2 Å². The van der Waals surface area contributed by atoms with Crippen molar-refractivity contribution in [2.24, 2.45) is 17.8 Å². The Morgan fingerprint density at radius 2 is 1.96 bits per heavy atom. The molecule has 0 radical (unpaired) electrons. The first-order valence-corrected chi connectivity index (χ1v) is 15.5. The topological polar surface area (TPSA) is 154 Å². The summed E-state index contributed by atoms with van der Waals surface area (Å²) in [6.07, 6.45) is 6.42. The Kier molecular flexibility index (Phi) is 9.21. The van der Waals surface area contributed by atoms with Crippen molar-refractivity contribution in [1.82, 2.24) is 4.98 Å². The number of aliphatic hydroxyl groups excluding tert-OH is 1. The number of nitrogens with zero attached hydrogens (tertiary/aromatic N) is 2. The van der Waals surface area contributed by atoms with Crippen LogP contribution in [0.2, 0.25) is 6.32 Å². The van der Waals surface area contributed by atoms with Crippen molar-refractivity contribution in [2.75, 3.05) is 4.90 Å². The van der Waals surface area contributed by atoms with E-state index in [2.05, 4.69) is 11.9 Å². The van der Waals surface area contributed by atoms with Gasteiger partial charge in [0.05, 0.1) is 29.3 Å². The van der Waals surface area contributed by atoms with E-state index in [4.69, 9.17) is 9.07 Å². The van der Waals surface area contributed by atoms with Crippen molar-refractivity contribution in [1.29, 1.82) is 0 Å². The quantitative estimate of drug-likeness (QED) is 0.154. The van der Waals surface area contributed by atoms with Crippen LogP contribution in [0.25, 0.3) is 11.6 Å². The minimum absolute atomic E-state index is 0.189. The second-order valence-electron chi connectivity index (χ2n) is 11.9. The van der Waals surface area contributed by atoms with Gasteiger partial charge in [0.1, 0.15) is 18.1 Å². The smallest absolute Gasteiger partial charge is 0.459 e. The SMILES string of the molecule is CCCC1=C2[C@@H](CC/C(=C/c3ccc(CO)o3)c3ccccn3)OB(O)C[C@@H]2[C@@H]2C(=O)N(c3cccc(B(O)O)c3)C(=O)[C@@H]2C1. The van der Waals surface area contributed by atoms with Gasteiger partial charge in [-0.25, -0.2) is 0 Å². The fourth-order valence-electron chi connectivity index (χ4n) is 7.22. The zero-order chi connectivity index (χ0) is 31.7. The molecule has 4 atom stereocenters. The van der Waals surface area contributed by atoms with E-state index in [-0.39, 0.29) is 36.1 Å². The van der Waals surface area contributed by atoms with Crippen molar-refractivity contribution in [2.45, 2.75) is 58.1 Å². The zero-order valence-corrected chi connectivity index (χ0v) is 25.1. The van der Waals surface area contributed by atoms with Crippen LogP contribution in [0.15, 0.2) is 76.4 Å². The van der Waals surface area contributed by atoms with Crippen molar-refractivity contribution >= 4 is 48.9 Å². The standard InChI is InChI=1S/C33H36B2N2O8/c1-2-6-21-16-26-31(33(40)37(32(26)39)23-8-5-7-22(17-23)35(42)43)27-18-34(41)45-29(30(21)27)13-10-20(28-9-3-4-14-36-28)15-24-11-12-25(19-38)44-24/h3-5,7-9,11-12,14-15,17,26-27,29,31,38,41-43H,2,6,10,13,16,18-19H2,1H3/b20-15-/t26-,27+,29-,31-/m1/s1. The molecule has 2 aromatic heterocycles. The lowest BCUT2D eigenvalue weighted by molar-refractivity contribution is -0.122. The molecule has 0 unspecified atom stereocenters. The first kappa shape index (κ1) is 31.2. The van der Waals surface area contributed by atoms with Gasteiger partial charge in [0.2, 0.25) is 11.8 Å². The fourth-order valence-corrected chi connectivity index (χ4v) is 7.22. The maximum atomic E-state index is 14.0. The number of amides is 2. The number of pyridine rings is 1. The maximum Gasteiger partial charge on any atom is 0.488 e. The molecule has 232 valence electrons. The molecule has 0 bridgehead atoms. The molecule has 4 heterocycles. The predicted molar refractivity (Wildman–Crippen MR) is 169 cm³/mol. The van der Waals surface area contributed by atoms with Crippen molar-refractivity contribution in [3.05, 3.63) is 89.2 Å². The number of rotatable bonds is 10. The van der Waals surface area contributed by atoms with Crippen molar-refractivity contribution < 1.29 is 38.8 Å². The Labute approximate surface area is 262 Å². The third-order valence-corrected chi connectivity index (χ3v) is 9.11. The molecule has 2 saturated heterocycles. The molecule has 3 aromatic rings. The number of benzene rings is 1. The average molecular weight is 610 g/mol. The van der Waals surface area contributed by atoms with E-state index >= 15 is 0 Å². The molecular formula is C33H36B2N2O8. The number of hydrogen-bond donors (Lipinski definition) is 4. The van der Waals surface area contributed by atoms with Crippen LogP contribution in [-0.2, 0) is 20.9 Å². The number of hydrogen-bond acceptors (Lipinski definition) is 9. The molecule has 0 spiro atoms. The number of allylic oxidation sites excluding steroid dienone is 2. The number of carbonyl (C=O) groups excluding carboxylic acids is 2. The van der Waals surface area contributed by atoms with Gasteiger partial charge in [-0.15, -0.1) is 0 Å². The number of anilines is 1. The minimum atomic E-state index is -1.73. The summed E-state index contributed by atoms with van der Waals surface area (Å²) in [5.74, 6) is -1.19. The molecular weight excluding hydrogens is 574 g/mol. The van der Waals surface area contributed by atoms with E-state index in [1.165, 1.54) is 17.0 Å². The zero-order valence-electron chi connectivity index (χ0n) is 25.1. The maximum absolute atomic E-state index is 14.0. The molecule has 45 heavy (non-hydrogen) atoms. The summed E-state index contributed by atoms with van der Waals surface area (Å²) in [7, 11) is -2.83. The molecule has 1 aromatic carbocycles. The molecule has 12 heteroatoms. The van der Waals surface area contributed by atoms with E-state index in [0.717, 1.165) is 35.3 Å². The fraction of sp³-hybridized carbons (Fsp3) is 0.364. The van der Waals surface area contributed by atoms with Crippen LogP contribution in [0.4, 0.5) is 5.69 Å². The van der Waals surface area contributed by atoms with Gasteiger partial charge in [-0.1, -0.05) is 37.1 Å². The lowest BCUT2D eigenvalue weighted by Gasteiger charge is -2.43. The molecule has 2 fully saturated rings. The van der Waals surface area contributed by atoms with E-state index in [9.17, 15) is 29.8 Å². The molecule has 2 amide bonds. The Morgan fingerprint density at radius 3 is 2.67 bits per heavy atom. The second-order valence-corrected chi connectivity index (χ2v) is 11.9. The van der Waals surface area contributed by atoms with Crippen LogP contribution < -0.4 is 10.4 Å². The Hall–Kier alpha value is -3.80. The van der Waals surface area contributed by atoms with Crippen LogP contribution >= 0.6 is 0 Å². The molecule has 6 rings (SSSR count). The highest BCUT2D eigenvalue weighted by Gasteiger charge is 2.57. The number of fused-ring (bicyclic) bond motifs is 3. The third-order valence-electron chi connectivity index (χ3n) is 9.11. The summed E-state index contributed by atoms with van der Waals surface area (Å²) in [6.45, 7) is 1.87. The van der Waals surface area contributed by atoms with Gasteiger partial charge in [0.25, 0.3) is 0 Å². The third kappa shape index (κ3) is 6.21. The normalized spacial score (nSPS) is 23.4. The van der Waals surface area contributed by atoms with Gasteiger partial charge >= 0.3 is 14.2 Å². The van der Waals surface area contributed by atoms with E-state index in [0.29, 0.717) is 36.5 Å². The molecule has 10 nitrogen and oxygen atoms in total. The average Bonchev–Trinajstić information content (AvgIpc) is 3.60. The predicted octanol–water partition coefficient (Wildman–Crippen LogP) is 2.97. The Bertz CT molecular complexity index is 1620. The number of aromatic nitrogens is 1. The summed E-state index contributed by atoms with van der Waals surface area (Å²) in [6, 6.07) is 15.4. The molecule has 2 aliphatic heterocycles. The first-order valence-electron chi connectivity index (χ1n) is 15.5. The number of imide groups is 1. The largest absolute Gasteiger partial charge is 0.488 e. The first-order chi connectivity index (χ1) is 21.8. The highest BCUT2D eigenvalue weighted by atomic mass is 16.5. The highest BCUT2D eigenvalue weighted by Crippen LogP contribution is 2.52. The summed E-state index contributed by atoms with van der Waals surface area (Å²) in [5.41, 5.74) is 4.26. The Balaban J connectivity index is 1.32. The molecule has 3 aliphatic rings. The Morgan fingerprint density at radius 1 is 1.11 bits per heavy atom. The van der Waals surface area contributed by atoms with E-state index < -0.39 is 32.2 Å². The van der Waals surface area contributed by atoms with E-state index in [1.54, 1.807) is 30.5 Å². The summed E-state index contributed by atoms with van der Waals surface area (Å²) in [5, 5.41) is 39.8. The summed E-state index contributed by atoms with van der Waals surface area (Å²) < 4.78 is 11.9. The van der Waals surface area contributed by atoms with Crippen LogP contribution in [0.5, 0.6) is 0 Å². The van der Waals surface area contributed by atoms with Gasteiger partial charge in [0.15, 0.2) is 0 Å². The van der Waals surface area contributed by atoms with E-state index in [1.807, 2.05) is 24.3 Å². The summed E-state index contributed by atoms with van der Waals surface area (Å²) in [4.78, 5) is 33.6. The molecule has 0 saturated carbocycles. The van der Waals surface area contributed by atoms with Crippen LogP contribution in [0.3, 0.4) is 0 Å². The van der Waals surface area contributed by atoms with Gasteiger partial charge in [-0.05, 0) is 97.0 Å². The van der Waals surface area contributed by atoms with Gasteiger partial charge in [-0.3, -0.25) is 19.5 Å². The number of furan rings is 1. The van der Waals surface area contributed by atoms with Crippen LogP contribution in [-0.4, -0.2) is 57.3 Å². The highest BCUT2D eigenvalue weighted by molar-refractivity contribution is 6.58. The second kappa shape index (κ2) is 13.3.